The first kappa shape index (κ1) is 20.2. The maximum atomic E-state index is 13.6. The third-order valence-electron chi connectivity index (χ3n) is 6.15. The fourth-order valence-electron chi connectivity index (χ4n) is 4.39. The Labute approximate surface area is 187 Å². The molecule has 2 atom stereocenters. The molecule has 0 unspecified atom stereocenters. The van der Waals surface area contributed by atoms with Crippen LogP contribution in [0.3, 0.4) is 0 Å². The number of ether oxygens (including phenoxy) is 1. The van der Waals surface area contributed by atoms with Crippen molar-refractivity contribution in [3.8, 4) is 17.0 Å². The lowest BCUT2D eigenvalue weighted by molar-refractivity contribution is 0.0378. The first-order chi connectivity index (χ1) is 15.7. The number of fused-ring (bicyclic) bond motifs is 1. The molecule has 0 spiro atoms. The van der Waals surface area contributed by atoms with Crippen molar-refractivity contribution >= 4 is 16.7 Å². The molecule has 0 N–H and O–H groups in total. The van der Waals surface area contributed by atoms with Crippen LogP contribution in [-0.2, 0) is 0 Å². The molecule has 0 saturated carbocycles. The summed E-state index contributed by atoms with van der Waals surface area (Å²) in [5.41, 5.74) is 2.53. The van der Waals surface area contributed by atoms with Crippen LogP contribution >= 0.6 is 0 Å². The molecular formula is C27H25N3O2. The van der Waals surface area contributed by atoms with Gasteiger partial charge >= 0.3 is 0 Å². The summed E-state index contributed by atoms with van der Waals surface area (Å²) in [6, 6.07) is 21.8. The van der Waals surface area contributed by atoms with E-state index in [-0.39, 0.29) is 18.1 Å². The Balaban J connectivity index is 1.40. The Hall–Kier alpha value is -3.73. The third-order valence-corrected chi connectivity index (χ3v) is 6.15. The summed E-state index contributed by atoms with van der Waals surface area (Å²) in [5, 5.41) is 2.09. The molecule has 5 nitrogen and oxygen atoms in total. The van der Waals surface area contributed by atoms with Gasteiger partial charge in [0.1, 0.15) is 6.10 Å². The Kier molecular flexibility index (Phi) is 5.55. The maximum Gasteiger partial charge on any atom is 0.254 e. The minimum atomic E-state index is -0.0981. The highest BCUT2D eigenvalue weighted by Gasteiger charge is 2.32. The highest BCUT2D eigenvalue weighted by Crippen LogP contribution is 2.29. The van der Waals surface area contributed by atoms with Gasteiger partial charge < -0.3 is 9.64 Å². The van der Waals surface area contributed by atoms with Crippen LogP contribution in [0.15, 0.2) is 85.3 Å². The van der Waals surface area contributed by atoms with Crippen molar-refractivity contribution in [2.75, 3.05) is 6.54 Å². The Morgan fingerprint density at radius 3 is 2.69 bits per heavy atom. The monoisotopic (exact) mass is 423 g/mol. The molecule has 0 radical (unpaired) electrons. The second-order valence-electron chi connectivity index (χ2n) is 8.25. The molecule has 1 aliphatic heterocycles. The van der Waals surface area contributed by atoms with E-state index in [9.17, 15) is 4.79 Å². The summed E-state index contributed by atoms with van der Waals surface area (Å²) in [7, 11) is 0. The van der Waals surface area contributed by atoms with Crippen LogP contribution in [0.4, 0.5) is 0 Å². The third kappa shape index (κ3) is 3.94. The number of hydrogen-bond donors (Lipinski definition) is 0. The van der Waals surface area contributed by atoms with Gasteiger partial charge in [-0.05, 0) is 55.0 Å². The van der Waals surface area contributed by atoms with E-state index in [4.69, 9.17) is 4.74 Å². The number of rotatable bonds is 4. The summed E-state index contributed by atoms with van der Waals surface area (Å²) < 4.78 is 6.33. The van der Waals surface area contributed by atoms with E-state index in [0.717, 1.165) is 34.7 Å². The van der Waals surface area contributed by atoms with Crippen LogP contribution in [0.1, 0.15) is 30.1 Å². The fraction of sp³-hybridized carbons (Fsp3) is 0.222. The molecule has 0 bridgehead atoms. The van der Waals surface area contributed by atoms with Crippen LogP contribution in [0, 0.1) is 0 Å². The van der Waals surface area contributed by atoms with Gasteiger partial charge in [-0.3, -0.25) is 9.78 Å². The van der Waals surface area contributed by atoms with Crippen LogP contribution in [0.25, 0.3) is 21.9 Å². The quantitative estimate of drug-likeness (QED) is 0.443. The zero-order valence-electron chi connectivity index (χ0n) is 18.0. The second kappa shape index (κ2) is 8.79. The fourth-order valence-corrected chi connectivity index (χ4v) is 4.39. The van der Waals surface area contributed by atoms with Crippen molar-refractivity contribution in [3.05, 3.63) is 90.9 Å². The van der Waals surface area contributed by atoms with Gasteiger partial charge in [-0.2, -0.15) is 0 Å². The molecule has 1 saturated heterocycles. The lowest BCUT2D eigenvalue weighted by atomic mass is 9.96. The first-order valence-electron chi connectivity index (χ1n) is 11.0. The molecule has 160 valence electrons. The van der Waals surface area contributed by atoms with Gasteiger partial charge in [0.25, 0.3) is 5.91 Å². The highest BCUT2D eigenvalue weighted by atomic mass is 16.5. The molecule has 2 aromatic carbocycles. The van der Waals surface area contributed by atoms with Crippen LogP contribution in [0.5, 0.6) is 5.88 Å². The Bertz CT molecular complexity index is 1240. The molecule has 1 amide bonds. The van der Waals surface area contributed by atoms with E-state index in [2.05, 4.69) is 23.0 Å². The summed E-state index contributed by atoms with van der Waals surface area (Å²) >= 11 is 0. The summed E-state index contributed by atoms with van der Waals surface area (Å²) in [5.74, 6) is 0.655. The Morgan fingerprint density at radius 1 is 0.969 bits per heavy atom. The molecule has 2 aromatic heterocycles. The van der Waals surface area contributed by atoms with Crippen molar-refractivity contribution in [1.29, 1.82) is 0 Å². The number of carbonyl (C=O) groups is 1. The minimum Gasteiger partial charge on any atom is -0.472 e. The van der Waals surface area contributed by atoms with Crippen LogP contribution < -0.4 is 4.74 Å². The van der Waals surface area contributed by atoms with E-state index in [1.54, 1.807) is 18.6 Å². The average molecular weight is 424 g/mol. The summed E-state index contributed by atoms with van der Waals surface area (Å²) in [6.45, 7) is 2.64. The number of likely N-dealkylation sites (tertiary alicyclic amines) is 1. The molecule has 5 rings (SSSR count). The number of aromatic nitrogens is 2. The van der Waals surface area contributed by atoms with Gasteiger partial charge in [0.05, 0.1) is 6.54 Å². The number of benzene rings is 2. The molecule has 4 aromatic rings. The second-order valence-corrected chi connectivity index (χ2v) is 8.25. The standard InChI is InChI=1S/C27H25N3O2/c1-19-12-13-22(32-26-24-10-3-2-7-20(24)14-16-29-26)18-30(19)27(31)25-11-5-4-9-23(25)21-8-6-15-28-17-21/h2-11,14-17,19,22H,12-13,18H2,1H3/t19-,22-/m0/s1. The van der Waals surface area contributed by atoms with Crippen molar-refractivity contribution in [2.24, 2.45) is 0 Å². The van der Waals surface area contributed by atoms with Gasteiger partial charge in [-0.15, -0.1) is 0 Å². The lowest BCUT2D eigenvalue weighted by Gasteiger charge is -2.38. The number of piperidine rings is 1. The zero-order chi connectivity index (χ0) is 21.9. The maximum absolute atomic E-state index is 13.6. The van der Waals surface area contributed by atoms with Crippen molar-refractivity contribution in [2.45, 2.75) is 31.9 Å². The largest absolute Gasteiger partial charge is 0.472 e. The van der Waals surface area contributed by atoms with Gasteiger partial charge in [-0.1, -0.05) is 42.5 Å². The van der Waals surface area contributed by atoms with E-state index >= 15 is 0 Å². The number of pyridine rings is 2. The zero-order valence-corrected chi connectivity index (χ0v) is 18.0. The first-order valence-corrected chi connectivity index (χ1v) is 11.0. The lowest BCUT2D eigenvalue weighted by Crippen LogP contribution is -2.49. The number of carbonyl (C=O) groups excluding carboxylic acids is 1. The molecule has 1 aliphatic rings. The molecule has 0 aliphatic carbocycles. The van der Waals surface area contributed by atoms with Crippen molar-refractivity contribution in [1.82, 2.24) is 14.9 Å². The molecule has 32 heavy (non-hydrogen) atoms. The van der Waals surface area contributed by atoms with Gasteiger partial charge in [0.15, 0.2) is 0 Å². The van der Waals surface area contributed by atoms with Gasteiger partial charge in [0.2, 0.25) is 5.88 Å². The SMILES string of the molecule is C[C@H]1CC[C@H](Oc2nccc3ccccc23)CN1C(=O)c1ccccc1-c1cccnc1. The van der Waals surface area contributed by atoms with E-state index in [1.165, 1.54) is 0 Å². The van der Waals surface area contributed by atoms with Gasteiger partial charge in [0, 0.05) is 41.1 Å². The minimum absolute atomic E-state index is 0.0242. The van der Waals surface area contributed by atoms with Gasteiger partial charge in [-0.25, -0.2) is 4.98 Å². The van der Waals surface area contributed by atoms with Crippen LogP contribution in [-0.4, -0.2) is 39.5 Å². The topological polar surface area (TPSA) is 55.3 Å². The van der Waals surface area contributed by atoms with E-state index in [0.29, 0.717) is 18.0 Å². The van der Waals surface area contributed by atoms with Crippen molar-refractivity contribution in [3.63, 3.8) is 0 Å². The summed E-state index contributed by atoms with van der Waals surface area (Å²) in [6.07, 6.45) is 6.99. The van der Waals surface area contributed by atoms with Crippen LogP contribution in [0.2, 0.25) is 0 Å². The smallest absolute Gasteiger partial charge is 0.254 e. The van der Waals surface area contributed by atoms with E-state index < -0.39 is 0 Å². The molecule has 5 heteroatoms. The summed E-state index contributed by atoms with van der Waals surface area (Å²) in [4.78, 5) is 24.3. The molecular weight excluding hydrogens is 398 g/mol. The molecule has 3 heterocycles. The highest BCUT2D eigenvalue weighted by molar-refractivity contribution is 6.01. The number of hydrogen-bond acceptors (Lipinski definition) is 4. The predicted molar refractivity (Wildman–Crippen MR) is 126 cm³/mol. The number of amides is 1. The number of nitrogens with zero attached hydrogens (tertiary/aromatic N) is 3. The van der Waals surface area contributed by atoms with Crippen molar-refractivity contribution < 1.29 is 9.53 Å². The average Bonchev–Trinajstić information content (AvgIpc) is 2.85. The normalized spacial score (nSPS) is 18.5. The molecule has 1 fully saturated rings. The van der Waals surface area contributed by atoms with E-state index in [1.807, 2.05) is 65.6 Å². The Morgan fingerprint density at radius 2 is 1.81 bits per heavy atom. The predicted octanol–water partition coefficient (Wildman–Crippen LogP) is 5.37.